The Kier molecular flexibility index (Phi) is 4.66. The van der Waals surface area contributed by atoms with Crippen molar-refractivity contribution in [2.45, 2.75) is 37.6 Å². The van der Waals surface area contributed by atoms with Crippen molar-refractivity contribution >= 4 is 20.8 Å². The smallest absolute Gasteiger partial charge is 0.243 e. The molecule has 0 amide bonds. The Bertz CT molecular complexity index is 799. The zero-order valence-electron chi connectivity index (χ0n) is 13.6. The molecule has 0 radical (unpaired) electrons. The van der Waals surface area contributed by atoms with Gasteiger partial charge < -0.3 is 5.32 Å². The van der Waals surface area contributed by atoms with Gasteiger partial charge in [0.15, 0.2) is 0 Å². The van der Waals surface area contributed by atoms with Gasteiger partial charge in [-0.2, -0.15) is 4.31 Å². The van der Waals surface area contributed by atoms with Crippen LogP contribution in [0, 0.1) is 6.92 Å². The Labute approximate surface area is 137 Å². The quantitative estimate of drug-likeness (QED) is 0.916. The molecule has 0 spiro atoms. The minimum atomic E-state index is -3.53. The number of fused-ring (bicyclic) bond motifs is 1. The molecule has 23 heavy (non-hydrogen) atoms. The van der Waals surface area contributed by atoms with E-state index in [1.54, 1.807) is 28.8 Å². The number of hydrogen-bond donors (Lipinski definition) is 1. The molecule has 3 rings (SSSR count). The summed E-state index contributed by atoms with van der Waals surface area (Å²) in [6.07, 6.45) is 5.32. The number of aryl methyl sites for hydroxylation is 1. The molecule has 0 saturated carbocycles. The molecule has 0 bridgehead atoms. The molecule has 1 unspecified atom stereocenters. The Morgan fingerprint density at radius 3 is 2.91 bits per heavy atom. The highest BCUT2D eigenvalue weighted by Crippen LogP contribution is 2.29. The van der Waals surface area contributed by atoms with Crippen LogP contribution in [-0.4, -0.2) is 43.4 Å². The van der Waals surface area contributed by atoms with Crippen LogP contribution in [0.5, 0.6) is 0 Å². The van der Waals surface area contributed by atoms with E-state index in [4.69, 9.17) is 0 Å². The summed E-state index contributed by atoms with van der Waals surface area (Å²) in [5, 5.41) is 4.97. The van der Waals surface area contributed by atoms with Gasteiger partial charge in [-0.1, -0.05) is 12.1 Å². The van der Waals surface area contributed by atoms with Crippen molar-refractivity contribution in [3.8, 4) is 0 Å². The highest BCUT2D eigenvalue weighted by atomic mass is 32.2. The van der Waals surface area contributed by atoms with E-state index in [9.17, 15) is 8.42 Å². The van der Waals surface area contributed by atoms with Gasteiger partial charge >= 0.3 is 0 Å². The molecule has 1 saturated heterocycles. The van der Waals surface area contributed by atoms with Gasteiger partial charge in [-0.25, -0.2) is 8.42 Å². The van der Waals surface area contributed by atoms with E-state index in [1.807, 2.05) is 19.9 Å². The number of hydrogen-bond acceptors (Lipinski definition) is 4. The Morgan fingerprint density at radius 1 is 1.26 bits per heavy atom. The molecule has 1 aliphatic rings. The van der Waals surface area contributed by atoms with Gasteiger partial charge in [-0.15, -0.1) is 0 Å². The summed E-state index contributed by atoms with van der Waals surface area (Å²) in [6.45, 7) is 6.09. The number of rotatable bonds is 2. The second-order valence-corrected chi connectivity index (χ2v) is 8.05. The molecule has 1 atom stereocenters. The van der Waals surface area contributed by atoms with E-state index in [0.29, 0.717) is 18.0 Å². The average molecular weight is 333 g/mol. The van der Waals surface area contributed by atoms with Crippen molar-refractivity contribution in [1.82, 2.24) is 14.6 Å². The third kappa shape index (κ3) is 3.11. The summed E-state index contributed by atoms with van der Waals surface area (Å²) in [4.78, 5) is 4.56. The van der Waals surface area contributed by atoms with Gasteiger partial charge in [0, 0.05) is 42.3 Å². The van der Waals surface area contributed by atoms with Crippen molar-refractivity contribution in [1.29, 1.82) is 0 Å². The maximum Gasteiger partial charge on any atom is 0.243 e. The molecule has 5 nitrogen and oxygen atoms in total. The van der Waals surface area contributed by atoms with E-state index in [1.165, 1.54) is 0 Å². The number of nitrogens with one attached hydrogen (secondary N) is 1. The fourth-order valence-corrected chi connectivity index (χ4v) is 5.18. The predicted octanol–water partition coefficient (Wildman–Crippen LogP) is 2.31. The topological polar surface area (TPSA) is 62.3 Å². The van der Waals surface area contributed by atoms with Gasteiger partial charge in [0.05, 0.1) is 4.90 Å². The second kappa shape index (κ2) is 6.55. The van der Waals surface area contributed by atoms with E-state index >= 15 is 0 Å². The van der Waals surface area contributed by atoms with Crippen LogP contribution in [0.25, 0.3) is 10.8 Å². The lowest BCUT2D eigenvalue weighted by Gasteiger charge is -2.31. The van der Waals surface area contributed by atoms with Crippen LogP contribution in [-0.2, 0) is 10.0 Å². The average Bonchev–Trinajstić information content (AvgIpc) is 2.50. The molecule has 1 aliphatic heterocycles. The first kappa shape index (κ1) is 16.4. The largest absolute Gasteiger partial charge is 0.315 e. The Balaban J connectivity index is 2.12. The number of benzene rings is 1. The SMILES string of the molecule is Cc1cncc2cccc(S(=O)(=O)N3CCCCNCC3C)c12. The molecular weight excluding hydrogens is 310 g/mol. The van der Waals surface area contributed by atoms with E-state index in [0.717, 1.165) is 35.7 Å². The fourth-order valence-electron chi connectivity index (χ4n) is 3.22. The van der Waals surface area contributed by atoms with Crippen LogP contribution in [0.2, 0.25) is 0 Å². The van der Waals surface area contributed by atoms with Crippen LogP contribution >= 0.6 is 0 Å². The lowest BCUT2D eigenvalue weighted by atomic mass is 10.1. The second-order valence-electron chi connectivity index (χ2n) is 6.19. The van der Waals surface area contributed by atoms with Crippen LogP contribution in [0.15, 0.2) is 35.5 Å². The summed E-state index contributed by atoms with van der Waals surface area (Å²) >= 11 is 0. The maximum absolute atomic E-state index is 13.3. The lowest BCUT2D eigenvalue weighted by Crippen LogP contribution is -2.46. The molecular formula is C17H23N3O2S. The first-order valence-corrected chi connectivity index (χ1v) is 9.51. The Hall–Kier alpha value is -1.50. The highest BCUT2D eigenvalue weighted by molar-refractivity contribution is 7.89. The summed E-state index contributed by atoms with van der Waals surface area (Å²) in [5.74, 6) is 0. The first-order chi connectivity index (χ1) is 11.0. The monoisotopic (exact) mass is 333 g/mol. The zero-order valence-corrected chi connectivity index (χ0v) is 14.4. The minimum Gasteiger partial charge on any atom is -0.315 e. The van der Waals surface area contributed by atoms with Crippen molar-refractivity contribution in [3.05, 3.63) is 36.2 Å². The van der Waals surface area contributed by atoms with Gasteiger partial charge in [0.2, 0.25) is 10.0 Å². The van der Waals surface area contributed by atoms with Gasteiger partial charge in [0.1, 0.15) is 0 Å². The fraction of sp³-hybridized carbons (Fsp3) is 0.471. The predicted molar refractivity (Wildman–Crippen MR) is 91.9 cm³/mol. The number of aromatic nitrogens is 1. The van der Waals surface area contributed by atoms with Crippen molar-refractivity contribution in [2.75, 3.05) is 19.6 Å². The highest BCUT2D eigenvalue weighted by Gasteiger charge is 2.30. The van der Waals surface area contributed by atoms with Crippen molar-refractivity contribution in [3.63, 3.8) is 0 Å². The number of nitrogens with zero attached hydrogens (tertiary/aromatic N) is 2. The van der Waals surface area contributed by atoms with E-state index in [-0.39, 0.29) is 6.04 Å². The molecule has 124 valence electrons. The molecule has 2 aromatic rings. The van der Waals surface area contributed by atoms with Gasteiger partial charge in [-0.3, -0.25) is 4.98 Å². The first-order valence-electron chi connectivity index (χ1n) is 8.07. The molecule has 6 heteroatoms. The summed E-state index contributed by atoms with van der Waals surface area (Å²) < 4.78 is 28.3. The molecule has 1 N–H and O–H groups in total. The van der Waals surface area contributed by atoms with E-state index < -0.39 is 10.0 Å². The van der Waals surface area contributed by atoms with Gasteiger partial charge in [0.25, 0.3) is 0 Å². The zero-order chi connectivity index (χ0) is 16.4. The molecule has 1 fully saturated rings. The minimum absolute atomic E-state index is 0.0577. The third-order valence-corrected chi connectivity index (χ3v) is 6.49. The maximum atomic E-state index is 13.3. The van der Waals surface area contributed by atoms with Gasteiger partial charge in [-0.05, 0) is 44.9 Å². The van der Waals surface area contributed by atoms with Crippen LogP contribution in [0.3, 0.4) is 0 Å². The summed E-state index contributed by atoms with van der Waals surface area (Å²) in [6, 6.07) is 5.36. The molecule has 1 aromatic carbocycles. The van der Waals surface area contributed by atoms with Crippen molar-refractivity contribution < 1.29 is 8.42 Å². The number of pyridine rings is 1. The molecule has 2 heterocycles. The summed E-state index contributed by atoms with van der Waals surface area (Å²) in [7, 11) is -3.53. The normalized spacial score (nSPS) is 21.0. The van der Waals surface area contributed by atoms with E-state index in [2.05, 4.69) is 10.3 Å². The summed E-state index contributed by atoms with van der Waals surface area (Å²) in [5.41, 5.74) is 0.888. The van der Waals surface area contributed by atoms with Crippen LogP contribution in [0.1, 0.15) is 25.3 Å². The standard InChI is InChI=1S/C17H23N3O2S/c1-13-10-19-12-15-6-5-7-16(17(13)15)23(21,22)20-9-4-3-8-18-11-14(20)2/h5-7,10,12,14,18H,3-4,8-9,11H2,1-2H3. The van der Waals surface area contributed by atoms with Crippen molar-refractivity contribution in [2.24, 2.45) is 0 Å². The van der Waals surface area contributed by atoms with Crippen LogP contribution in [0.4, 0.5) is 0 Å². The lowest BCUT2D eigenvalue weighted by molar-refractivity contribution is 0.301. The third-order valence-electron chi connectivity index (χ3n) is 4.43. The number of sulfonamides is 1. The Morgan fingerprint density at radius 2 is 2.09 bits per heavy atom. The van der Waals surface area contributed by atoms with Crippen LogP contribution < -0.4 is 5.32 Å². The molecule has 0 aliphatic carbocycles. The molecule has 1 aromatic heterocycles.